The molecular weight excluding hydrogens is 180 g/mol. The van der Waals surface area contributed by atoms with Crippen molar-refractivity contribution in [2.75, 3.05) is 0 Å². The Kier molecular flexibility index (Phi) is 2.42. The Morgan fingerprint density at radius 1 is 1.07 bits per heavy atom. The van der Waals surface area contributed by atoms with Crippen molar-refractivity contribution in [3.8, 4) is 0 Å². The zero-order chi connectivity index (χ0) is 10.8. The molecular formula is C15H14. The van der Waals surface area contributed by atoms with Gasteiger partial charge in [0.15, 0.2) is 0 Å². The van der Waals surface area contributed by atoms with E-state index >= 15 is 0 Å². The van der Waals surface area contributed by atoms with Crippen LogP contribution in [0.4, 0.5) is 0 Å². The van der Waals surface area contributed by atoms with Crippen LogP contribution in [0.2, 0.25) is 0 Å². The van der Waals surface area contributed by atoms with Gasteiger partial charge in [-0.3, -0.25) is 0 Å². The van der Waals surface area contributed by atoms with Gasteiger partial charge in [0.25, 0.3) is 0 Å². The SMILES string of the molecule is C=CC(=C)c1ccc2cc(C)ccc2c1. The largest absolute Gasteiger partial charge is 0.0985 e. The van der Waals surface area contributed by atoms with E-state index in [1.807, 2.05) is 0 Å². The first-order valence-corrected chi connectivity index (χ1v) is 5.03. The molecule has 0 aliphatic carbocycles. The quantitative estimate of drug-likeness (QED) is 0.623. The van der Waals surface area contributed by atoms with Crippen LogP contribution < -0.4 is 0 Å². The molecule has 0 atom stereocenters. The zero-order valence-corrected chi connectivity index (χ0v) is 8.96. The van der Waals surface area contributed by atoms with Gasteiger partial charge < -0.3 is 0 Å². The highest BCUT2D eigenvalue weighted by molar-refractivity contribution is 5.87. The molecule has 0 amide bonds. The lowest BCUT2D eigenvalue weighted by atomic mass is 10.0. The summed E-state index contributed by atoms with van der Waals surface area (Å²) in [5, 5.41) is 2.52. The smallest absolute Gasteiger partial charge is 0.0178 e. The molecule has 2 rings (SSSR count). The summed E-state index contributed by atoms with van der Waals surface area (Å²) in [5.41, 5.74) is 3.40. The Hall–Kier alpha value is -1.82. The summed E-state index contributed by atoms with van der Waals surface area (Å²) < 4.78 is 0. The van der Waals surface area contributed by atoms with Gasteiger partial charge in [-0.15, -0.1) is 0 Å². The highest BCUT2D eigenvalue weighted by Crippen LogP contribution is 2.21. The van der Waals surface area contributed by atoms with Gasteiger partial charge in [-0.05, 0) is 34.9 Å². The molecule has 0 saturated carbocycles. The molecule has 0 aromatic heterocycles. The molecule has 0 N–H and O–H groups in total. The number of aryl methyl sites for hydroxylation is 1. The number of hydrogen-bond acceptors (Lipinski definition) is 0. The summed E-state index contributed by atoms with van der Waals surface area (Å²) >= 11 is 0. The minimum atomic E-state index is 0.970. The van der Waals surface area contributed by atoms with Gasteiger partial charge in [0, 0.05) is 0 Å². The molecule has 0 saturated heterocycles. The molecule has 0 fully saturated rings. The van der Waals surface area contributed by atoms with Crippen molar-refractivity contribution in [3.05, 3.63) is 66.8 Å². The Balaban J connectivity index is 2.61. The van der Waals surface area contributed by atoms with Crippen LogP contribution in [0.1, 0.15) is 11.1 Å². The lowest BCUT2D eigenvalue weighted by Crippen LogP contribution is -1.81. The van der Waals surface area contributed by atoms with Crippen LogP contribution in [0, 0.1) is 6.92 Å². The molecule has 0 aliphatic rings. The molecule has 0 unspecified atom stereocenters. The minimum Gasteiger partial charge on any atom is -0.0985 e. The van der Waals surface area contributed by atoms with Crippen LogP contribution >= 0.6 is 0 Å². The van der Waals surface area contributed by atoms with E-state index < -0.39 is 0 Å². The van der Waals surface area contributed by atoms with E-state index in [1.165, 1.54) is 16.3 Å². The topological polar surface area (TPSA) is 0 Å². The predicted octanol–water partition coefficient (Wildman–Crippen LogP) is 4.35. The van der Waals surface area contributed by atoms with Crippen LogP contribution in [-0.2, 0) is 0 Å². The summed E-state index contributed by atoms with van der Waals surface area (Å²) in [5.74, 6) is 0. The highest BCUT2D eigenvalue weighted by Gasteiger charge is 1.98. The van der Waals surface area contributed by atoms with Gasteiger partial charge in [0.05, 0.1) is 0 Å². The molecule has 0 nitrogen and oxygen atoms in total. The van der Waals surface area contributed by atoms with Crippen molar-refractivity contribution in [1.29, 1.82) is 0 Å². The Bertz CT molecular complexity index is 533. The van der Waals surface area contributed by atoms with E-state index in [0.717, 1.165) is 11.1 Å². The maximum atomic E-state index is 3.95. The normalized spacial score (nSPS) is 10.2. The number of fused-ring (bicyclic) bond motifs is 1. The number of benzene rings is 2. The third-order valence-electron chi connectivity index (χ3n) is 2.61. The molecule has 0 heteroatoms. The van der Waals surface area contributed by atoms with Crippen molar-refractivity contribution in [2.24, 2.45) is 0 Å². The van der Waals surface area contributed by atoms with E-state index in [0.29, 0.717) is 0 Å². The summed E-state index contributed by atoms with van der Waals surface area (Å²) in [6.07, 6.45) is 1.79. The zero-order valence-electron chi connectivity index (χ0n) is 8.96. The Morgan fingerprint density at radius 3 is 2.47 bits per heavy atom. The minimum absolute atomic E-state index is 0.970. The summed E-state index contributed by atoms with van der Waals surface area (Å²) in [7, 11) is 0. The van der Waals surface area contributed by atoms with Crippen LogP contribution in [0.3, 0.4) is 0 Å². The monoisotopic (exact) mass is 194 g/mol. The number of rotatable bonds is 2. The molecule has 0 spiro atoms. The average molecular weight is 194 g/mol. The van der Waals surface area contributed by atoms with E-state index in [9.17, 15) is 0 Å². The van der Waals surface area contributed by atoms with E-state index in [4.69, 9.17) is 0 Å². The Morgan fingerprint density at radius 2 is 1.73 bits per heavy atom. The lowest BCUT2D eigenvalue weighted by Gasteiger charge is -2.04. The van der Waals surface area contributed by atoms with Crippen LogP contribution in [0.15, 0.2) is 55.6 Å². The third-order valence-corrected chi connectivity index (χ3v) is 2.61. The summed E-state index contributed by atoms with van der Waals surface area (Å²) in [6, 6.07) is 12.8. The molecule has 15 heavy (non-hydrogen) atoms. The summed E-state index contributed by atoms with van der Waals surface area (Å²) in [6.45, 7) is 9.79. The van der Waals surface area contributed by atoms with Gasteiger partial charge in [0.2, 0.25) is 0 Å². The van der Waals surface area contributed by atoms with Crippen molar-refractivity contribution >= 4 is 16.3 Å². The fraction of sp³-hybridized carbons (Fsp3) is 0.0667. The standard InChI is InChI=1S/C15H14/c1-4-12(3)13-7-8-14-9-11(2)5-6-15(14)10-13/h4-10H,1,3H2,2H3. The number of allylic oxidation sites excluding steroid dienone is 2. The molecule has 2 aromatic rings. The Labute approximate surface area is 90.6 Å². The molecule has 0 radical (unpaired) electrons. The van der Waals surface area contributed by atoms with E-state index in [2.05, 4.69) is 56.5 Å². The maximum Gasteiger partial charge on any atom is -0.0178 e. The second-order valence-electron chi connectivity index (χ2n) is 3.79. The van der Waals surface area contributed by atoms with Crippen LogP contribution in [0.25, 0.3) is 16.3 Å². The second-order valence-corrected chi connectivity index (χ2v) is 3.79. The van der Waals surface area contributed by atoms with Gasteiger partial charge in [-0.1, -0.05) is 55.1 Å². The van der Waals surface area contributed by atoms with Crippen LogP contribution in [0.5, 0.6) is 0 Å². The fourth-order valence-corrected chi connectivity index (χ4v) is 1.68. The fourth-order valence-electron chi connectivity index (χ4n) is 1.68. The first kappa shape index (κ1) is 9.72. The van der Waals surface area contributed by atoms with E-state index in [-0.39, 0.29) is 0 Å². The molecule has 0 aliphatic heterocycles. The van der Waals surface area contributed by atoms with Crippen molar-refractivity contribution < 1.29 is 0 Å². The van der Waals surface area contributed by atoms with Gasteiger partial charge in [-0.25, -0.2) is 0 Å². The summed E-state index contributed by atoms with van der Waals surface area (Å²) in [4.78, 5) is 0. The van der Waals surface area contributed by atoms with Gasteiger partial charge >= 0.3 is 0 Å². The highest BCUT2D eigenvalue weighted by atomic mass is 14.0. The maximum absolute atomic E-state index is 3.95. The molecule has 0 bridgehead atoms. The number of hydrogen-bond donors (Lipinski definition) is 0. The third kappa shape index (κ3) is 1.84. The average Bonchev–Trinajstić information content (AvgIpc) is 2.27. The van der Waals surface area contributed by atoms with Crippen molar-refractivity contribution in [1.82, 2.24) is 0 Å². The van der Waals surface area contributed by atoms with Crippen molar-refractivity contribution in [2.45, 2.75) is 6.92 Å². The first-order chi connectivity index (χ1) is 7.20. The van der Waals surface area contributed by atoms with Gasteiger partial charge in [0.1, 0.15) is 0 Å². The van der Waals surface area contributed by atoms with E-state index in [1.54, 1.807) is 6.08 Å². The molecule has 0 heterocycles. The second kappa shape index (κ2) is 3.74. The molecule has 74 valence electrons. The predicted molar refractivity (Wildman–Crippen MR) is 67.9 cm³/mol. The first-order valence-electron chi connectivity index (χ1n) is 5.03. The molecule has 2 aromatic carbocycles. The van der Waals surface area contributed by atoms with Crippen LogP contribution in [-0.4, -0.2) is 0 Å². The lowest BCUT2D eigenvalue weighted by molar-refractivity contribution is 1.50. The van der Waals surface area contributed by atoms with Crippen molar-refractivity contribution in [3.63, 3.8) is 0 Å². The van der Waals surface area contributed by atoms with Gasteiger partial charge in [-0.2, -0.15) is 0 Å².